The summed E-state index contributed by atoms with van der Waals surface area (Å²) in [7, 11) is 0. The largest absolute Gasteiger partial charge is 0.504 e. The summed E-state index contributed by atoms with van der Waals surface area (Å²) in [6.07, 6.45) is 0.954. The maximum atomic E-state index is 11.1. The Kier molecular flexibility index (Phi) is 2.70. The molecule has 1 aromatic rings. The second kappa shape index (κ2) is 3.79. The summed E-state index contributed by atoms with van der Waals surface area (Å²) >= 11 is 0. The van der Waals surface area contributed by atoms with Crippen LogP contribution in [0.1, 0.15) is 10.4 Å². The number of carbonyl (C=O) groups is 1. The maximum Gasteiger partial charge on any atom is 0.315 e. The predicted molar refractivity (Wildman–Crippen MR) is 51.0 cm³/mol. The fourth-order valence-corrected chi connectivity index (χ4v) is 1.00. The molecule has 0 fully saturated rings. The van der Waals surface area contributed by atoms with Crippen molar-refractivity contribution >= 4 is 11.5 Å². The average molecular weight is 209 g/mol. The van der Waals surface area contributed by atoms with Gasteiger partial charge in [-0.25, -0.2) is 0 Å². The molecule has 6 nitrogen and oxygen atoms in total. The third-order valence-electron chi connectivity index (χ3n) is 1.74. The number of aromatic hydroxyl groups is 2. The van der Waals surface area contributed by atoms with Crippen LogP contribution in [0.3, 0.4) is 0 Å². The molecule has 0 unspecified atom stereocenters. The standard InChI is InChI=1S/C9H7NO5/c1-2-7(11)5-3-6(10(14)15)9(13)8(12)4-5/h2-4,12-13H,1H2. The van der Waals surface area contributed by atoms with Gasteiger partial charge in [0.2, 0.25) is 5.75 Å². The van der Waals surface area contributed by atoms with Crippen molar-refractivity contribution in [1.82, 2.24) is 0 Å². The number of allylic oxidation sites excluding steroid dienone is 1. The number of nitrogens with zero attached hydrogens (tertiary/aromatic N) is 1. The van der Waals surface area contributed by atoms with E-state index in [1.54, 1.807) is 0 Å². The quantitative estimate of drug-likeness (QED) is 0.257. The minimum atomic E-state index is -0.894. The summed E-state index contributed by atoms with van der Waals surface area (Å²) < 4.78 is 0. The van der Waals surface area contributed by atoms with Gasteiger partial charge < -0.3 is 10.2 Å². The molecule has 0 saturated heterocycles. The lowest BCUT2D eigenvalue weighted by Gasteiger charge is -2.01. The Hall–Kier alpha value is -2.37. The van der Waals surface area contributed by atoms with E-state index in [0.717, 1.165) is 18.2 Å². The Morgan fingerprint density at radius 2 is 2.07 bits per heavy atom. The van der Waals surface area contributed by atoms with E-state index in [1.807, 2.05) is 0 Å². The first kappa shape index (κ1) is 10.7. The van der Waals surface area contributed by atoms with Gasteiger partial charge in [-0.1, -0.05) is 6.58 Å². The first-order chi connectivity index (χ1) is 6.97. The molecule has 6 heteroatoms. The molecular weight excluding hydrogens is 202 g/mol. The van der Waals surface area contributed by atoms with Gasteiger partial charge in [0.05, 0.1) is 4.92 Å². The molecule has 0 atom stereocenters. The van der Waals surface area contributed by atoms with E-state index >= 15 is 0 Å². The molecule has 2 N–H and O–H groups in total. The van der Waals surface area contributed by atoms with E-state index in [9.17, 15) is 14.9 Å². The highest BCUT2D eigenvalue weighted by Crippen LogP contribution is 2.36. The molecule has 0 aliphatic carbocycles. The van der Waals surface area contributed by atoms with E-state index in [-0.39, 0.29) is 5.56 Å². The van der Waals surface area contributed by atoms with Crippen molar-refractivity contribution in [2.24, 2.45) is 0 Å². The third kappa shape index (κ3) is 1.93. The molecule has 0 heterocycles. The van der Waals surface area contributed by atoms with Gasteiger partial charge in [-0.05, 0) is 12.1 Å². The summed E-state index contributed by atoms with van der Waals surface area (Å²) in [5.74, 6) is -2.15. The summed E-state index contributed by atoms with van der Waals surface area (Å²) in [5.41, 5.74) is -0.827. The van der Waals surface area contributed by atoms with Gasteiger partial charge in [0.15, 0.2) is 11.5 Å². The van der Waals surface area contributed by atoms with Gasteiger partial charge in [-0.15, -0.1) is 0 Å². The van der Waals surface area contributed by atoms with E-state index < -0.39 is 27.9 Å². The van der Waals surface area contributed by atoms with Crippen LogP contribution in [0.15, 0.2) is 24.8 Å². The number of carbonyl (C=O) groups excluding carboxylic acids is 1. The molecule has 0 aromatic heterocycles. The van der Waals surface area contributed by atoms with Crippen molar-refractivity contribution in [2.75, 3.05) is 0 Å². The van der Waals surface area contributed by atoms with Gasteiger partial charge in [0, 0.05) is 11.6 Å². The van der Waals surface area contributed by atoms with Crippen molar-refractivity contribution in [3.63, 3.8) is 0 Å². The summed E-state index contributed by atoms with van der Waals surface area (Å²) in [4.78, 5) is 20.7. The predicted octanol–water partition coefficient (Wildman–Crippen LogP) is 1.37. The zero-order valence-corrected chi connectivity index (χ0v) is 7.51. The fourth-order valence-electron chi connectivity index (χ4n) is 1.00. The molecule has 15 heavy (non-hydrogen) atoms. The second-order valence-electron chi connectivity index (χ2n) is 2.69. The van der Waals surface area contributed by atoms with Crippen molar-refractivity contribution < 1.29 is 19.9 Å². The van der Waals surface area contributed by atoms with Gasteiger partial charge >= 0.3 is 5.69 Å². The number of hydrogen-bond donors (Lipinski definition) is 2. The Balaban J connectivity index is 3.42. The van der Waals surface area contributed by atoms with Crippen LogP contribution >= 0.6 is 0 Å². The smallest absolute Gasteiger partial charge is 0.315 e. The molecular formula is C9H7NO5. The number of nitro groups is 1. The summed E-state index contributed by atoms with van der Waals surface area (Å²) in [6.45, 7) is 3.20. The van der Waals surface area contributed by atoms with Crippen molar-refractivity contribution in [1.29, 1.82) is 0 Å². The molecule has 0 aliphatic heterocycles. The molecule has 0 spiro atoms. The highest BCUT2D eigenvalue weighted by atomic mass is 16.6. The minimum Gasteiger partial charge on any atom is -0.504 e. The molecule has 0 amide bonds. The monoisotopic (exact) mass is 209 g/mol. The molecule has 78 valence electrons. The summed E-state index contributed by atoms with van der Waals surface area (Å²) in [6, 6.07) is 1.81. The van der Waals surface area contributed by atoms with Crippen molar-refractivity contribution in [3.8, 4) is 11.5 Å². The SMILES string of the molecule is C=CC(=O)c1cc(O)c(O)c([N+](=O)[O-])c1. The first-order valence-electron chi connectivity index (χ1n) is 3.84. The maximum absolute atomic E-state index is 11.1. The van der Waals surface area contributed by atoms with Gasteiger partial charge in [0.1, 0.15) is 0 Å². The normalized spacial score (nSPS) is 9.60. The van der Waals surface area contributed by atoms with E-state index in [4.69, 9.17) is 10.2 Å². The molecule has 0 saturated carbocycles. The Labute approximate surface area is 84.2 Å². The summed E-state index contributed by atoms with van der Waals surface area (Å²) in [5, 5.41) is 28.7. The van der Waals surface area contributed by atoms with E-state index in [2.05, 4.69) is 6.58 Å². The topological polar surface area (TPSA) is 101 Å². The number of nitro benzene ring substituents is 1. The molecule has 0 aliphatic rings. The molecule has 0 radical (unpaired) electrons. The van der Waals surface area contributed by atoms with Crippen LogP contribution in [0.4, 0.5) is 5.69 Å². The fraction of sp³-hybridized carbons (Fsp3) is 0. The zero-order valence-electron chi connectivity index (χ0n) is 7.51. The van der Waals surface area contributed by atoms with E-state index in [1.165, 1.54) is 0 Å². The van der Waals surface area contributed by atoms with Crippen LogP contribution in [-0.4, -0.2) is 20.9 Å². The lowest BCUT2D eigenvalue weighted by molar-refractivity contribution is -0.386. The van der Waals surface area contributed by atoms with Gasteiger partial charge in [-0.2, -0.15) is 0 Å². The van der Waals surface area contributed by atoms with Crippen LogP contribution in [0, 0.1) is 10.1 Å². The number of phenolic OH excluding ortho intramolecular Hbond substituents is 2. The van der Waals surface area contributed by atoms with Crippen LogP contribution in [0.25, 0.3) is 0 Å². The van der Waals surface area contributed by atoms with Crippen LogP contribution < -0.4 is 0 Å². The molecule has 0 bridgehead atoms. The van der Waals surface area contributed by atoms with Crippen molar-refractivity contribution in [3.05, 3.63) is 40.5 Å². The lowest BCUT2D eigenvalue weighted by atomic mass is 10.1. The number of hydrogen-bond acceptors (Lipinski definition) is 5. The first-order valence-corrected chi connectivity index (χ1v) is 3.84. The lowest BCUT2D eigenvalue weighted by Crippen LogP contribution is -1.96. The zero-order chi connectivity index (χ0) is 11.6. The third-order valence-corrected chi connectivity index (χ3v) is 1.74. The van der Waals surface area contributed by atoms with Crippen LogP contribution in [0.5, 0.6) is 11.5 Å². The van der Waals surface area contributed by atoms with Crippen molar-refractivity contribution in [2.45, 2.75) is 0 Å². The minimum absolute atomic E-state index is 0.105. The van der Waals surface area contributed by atoms with Crippen LogP contribution in [0.2, 0.25) is 0 Å². The highest BCUT2D eigenvalue weighted by Gasteiger charge is 2.20. The Bertz CT molecular complexity index is 452. The highest BCUT2D eigenvalue weighted by molar-refractivity contribution is 6.05. The average Bonchev–Trinajstić information content (AvgIpc) is 2.20. The number of benzene rings is 1. The van der Waals surface area contributed by atoms with E-state index in [0.29, 0.717) is 0 Å². The number of phenols is 2. The van der Waals surface area contributed by atoms with Crippen LogP contribution in [-0.2, 0) is 0 Å². The molecule has 1 rings (SSSR count). The number of ketones is 1. The Morgan fingerprint density at radius 3 is 2.53 bits per heavy atom. The number of rotatable bonds is 3. The van der Waals surface area contributed by atoms with Gasteiger partial charge in [-0.3, -0.25) is 14.9 Å². The van der Waals surface area contributed by atoms with Gasteiger partial charge in [0.25, 0.3) is 0 Å². The Morgan fingerprint density at radius 1 is 1.47 bits per heavy atom. The molecule has 1 aromatic carbocycles. The second-order valence-corrected chi connectivity index (χ2v) is 2.69.